The third kappa shape index (κ3) is 3.32. The molecule has 0 heterocycles. The highest BCUT2D eigenvalue weighted by Gasteiger charge is 2.26. The molecular formula is C13H14BrNO4. The lowest BCUT2D eigenvalue weighted by atomic mass is 9.96. The molecule has 1 atom stereocenters. The van der Waals surface area contributed by atoms with Crippen molar-refractivity contribution in [3.8, 4) is 5.75 Å². The van der Waals surface area contributed by atoms with Crippen LogP contribution in [0.15, 0.2) is 16.6 Å². The van der Waals surface area contributed by atoms with Crippen molar-refractivity contribution in [3.63, 3.8) is 0 Å². The van der Waals surface area contributed by atoms with Gasteiger partial charge in [-0.25, -0.2) is 0 Å². The molecule has 1 unspecified atom stereocenters. The Bertz CT molecular complexity index is 530. The third-order valence-corrected chi connectivity index (χ3v) is 3.60. The fraction of sp³-hybridized carbons (Fsp3) is 0.462. The van der Waals surface area contributed by atoms with Crippen LogP contribution in [0.2, 0.25) is 0 Å². The number of Topliss-reactive ketones (excluding diaryl/α,β-unsaturated/α-hetero) is 1. The topological polar surface area (TPSA) is 69.4 Å². The summed E-state index contributed by atoms with van der Waals surface area (Å²) >= 11 is 3.24. The number of halogens is 1. The summed E-state index contributed by atoms with van der Waals surface area (Å²) in [7, 11) is 0. The van der Waals surface area contributed by atoms with Crippen molar-refractivity contribution in [2.45, 2.75) is 38.7 Å². The van der Waals surface area contributed by atoms with E-state index in [0.29, 0.717) is 22.9 Å². The predicted octanol–water partition coefficient (Wildman–Crippen LogP) is 3.56. The number of nitro benzene ring substituents is 1. The molecule has 0 saturated heterocycles. The van der Waals surface area contributed by atoms with Crippen molar-refractivity contribution < 1.29 is 14.5 Å². The second-order valence-corrected chi connectivity index (χ2v) is 5.62. The molecule has 1 aromatic rings. The maximum absolute atomic E-state index is 11.4. The summed E-state index contributed by atoms with van der Waals surface area (Å²) < 4.78 is 6.36. The summed E-state index contributed by atoms with van der Waals surface area (Å²) in [4.78, 5) is 22.0. The van der Waals surface area contributed by atoms with E-state index in [2.05, 4.69) is 15.9 Å². The Morgan fingerprint density at radius 2 is 2.21 bits per heavy atom. The van der Waals surface area contributed by atoms with Gasteiger partial charge in [0.25, 0.3) is 0 Å². The van der Waals surface area contributed by atoms with E-state index in [1.165, 1.54) is 6.07 Å². The first-order valence-electron chi connectivity index (χ1n) is 6.10. The molecule has 0 spiro atoms. The fourth-order valence-corrected chi connectivity index (χ4v) is 2.81. The summed E-state index contributed by atoms with van der Waals surface area (Å²) in [6.45, 7) is 1.76. The van der Waals surface area contributed by atoms with E-state index in [9.17, 15) is 14.9 Å². The zero-order valence-electron chi connectivity index (χ0n) is 10.5. The molecule has 0 N–H and O–H groups in total. The van der Waals surface area contributed by atoms with Crippen molar-refractivity contribution >= 4 is 27.4 Å². The zero-order chi connectivity index (χ0) is 14.0. The Labute approximate surface area is 119 Å². The van der Waals surface area contributed by atoms with Crippen LogP contribution in [0, 0.1) is 17.0 Å². The second-order valence-electron chi connectivity index (χ2n) is 4.70. The molecule has 1 aromatic carbocycles. The average Bonchev–Trinajstić information content (AvgIpc) is 2.32. The molecule has 6 heteroatoms. The quantitative estimate of drug-likeness (QED) is 0.628. The Morgan fingerprint density at radius 3 is 2.84 bits per heavy atom. The van der Waals surface area contributed by atoms with Crippen LogP contribution in [0.3, 0.4) is 0 Å². The number of ether oxygens (including phenoxy) is 1. The number of nitrogens with zero attached hydrogens (tertiary/aromatic N) is 1. The fourth-order valence-electron chi connectivity index (χ4n) is 2.25. The number of carbonyl (C=O) groups excluding carboxylic acids is 1. The van der Waals surface area contributed by atoms with Gasteiger partial charge in [0, 0.05) is 23.4 Å². The summed E-state index contributed by atoms with van der Waals surface area (Å²) in [6.07, 6.45) is 2.22. The van der Waals surface area contributed by atoms with Gasteiger partial charge in [0.2, 0.25) is 0 Å². The highest BCUT2D eigenvalue weighted by molar-refractivity contribution is 9.10. The zero-order valence-corrected chi connectivity index (χ0v) is 12.1. The van der Waals surface area contributed by atoms with E-state index in [1.807, 2.05) is 0 Å². The van der Waals surface area contributed by atoms with Crippen molar-refractivity contribution in [1.82, 2.24) is 0 Å². The van der Waals surface area contributed by atoms with Crippen LogP contribution < -0.4 is 4.74 Å². The number of carbonyl (C=O) groups is 1. The summed E-state index contributed by atoms with van der Waals surface area (Å²) in [6, 6.07) is 3.19. The molecule has 0 radical (unpaired) electrons. The van der Waals surface area contributed by atoms with Gasteiger partial charge in [0.05, 0.1) is 4.92 Å². The van der Waals surface area contributed by atoms with Gasteiger partial charge in [-0.2, -0.15) is 0 Å². The van der Waals surface area contributed by atoms with Gasteiger partial charge in [-0.15, -0.1) is 0 Å². The molecular weight excluding hydrogens is 314 g/mol. The van der Waals surface area contributed by atoms with Crippen LogP contribution in [-0.2, 0) is 4.79 Å². The maximum atomic E-state index is 11.4. The molecule has 19 heavy (non-hydrogen) atoms. The molecule has 5 nitrogen and oxygen atoms in total. The van der Waals surface area contributed by atoms with E-state index >= 15 is 0 Å². The molecule has 2 rings (SSSR count). The molecule has 0 aliphatic heterocycles. The van der Waals surface area contributed by atoms with Gasteiger partial charge < -0.3 is 4.74 Å². The number of hydrogen-bond donors (Lipinski definition) is 0. The predicted molar refractivity (Wildman–Crippen MR) is 73.4 cm³/mol. The van der Waals surface area contributed by atoms with E-state index < -0.39 is 4.92 Å². The minimum absolute atomic E-state index is 0.0649. The first-order valence-corrected chi connectivity index (χ1v) is 6.89. The smallest absolute Gasteiger partial charge is 0.312 e. The first kappa shape index (κ1) is 14.0. The number of aryl methyl sites for hydroxylation is 1. The normalized spacial score (nSPS) is 19.3. The Balaban J connectivity index is 2.28. The van der Waals surface area contributed by atoms with E-state index in [0.717, 1.165) is 12.8 Å². The van der Waals surface area contributed by atoms with E-state index in [-0.39, 0.29) is 23.3 Å². The monoisotopic (exact) mass is 327 g/mol. The molecule has 102 valence electrons. The maximum Gasteiger partial charge on any atom is 0.312 e. The van der Waals surface area contributed by atoms with Crippen LogP contribution in [0.1, 0.15) is 31.2 Å². The molecule has 0 aromatic heterocycles. The molecule has 0 bridgehead atoms. The van der Waals surface area contributed by atoms with Gasteiger partial charge >= 0.3 is 5.69 Å². The van der Waals surface area contributed by atoms with Gasteiger partial charge in [-0.05, 0) is 31.4 Å². The summed E-state index contributed by atoms with van der Waals surface area (Å²) in [5.74, 6) is 0.432. The molecule has 0 amide bonds. The van der Waals surface area contributed by atoms with Gasteiger partial charge in [-0.3, -0.25) is 14.9 Å². The largest absolute Gasteiger partial charge is 0.483 e. The van der Waals surface area contributed by atoms with Gasteiger partial charge in [-0.1, -0.05) is 15.9 Å². The van der Waals surface area contributed by atoms with Gasteiger partial charge in [0.1, 0.15) is 11.9 Å². The highest BCUT2D eigenvalue weighted by Crippen LogP contribution is 2.36. The lowest BCUT2D eigenvalue weighted by Gasteiger charge is -2.23. The van der Waals surface area contributed by atoms with Crippen LogP contribution in [-0.4, -0.2) is 16.8 Å². The summed E-state index contributed by atoms with van der Waals surface area (Å²) in [5.41, 5.74) is 0.629. The Kier molecular flexibility index (Phi) is 4.19. The van der Waals surface area contributed by atoms with Crippen LogP contribution >= 0.6 is 15.9 Å². The first-order chi connectivity index (χ1) is 8.97. The van der Waals surface area contributed by atoms with Crippen molar-refractivity contribution in [3.05, 3.63) is 32.3 Å². The number of nitro groups is 1. The summed E-state index contributed by atoms with van der Waals surface area (Å²) in [5, 5.41) is 11.1. The van der Waals surface area contributed by atoms with Crippen LogP contribution in [0.4, 0.5) is 5.69 Å². The standard InChI is InChI=1S/C13H14BrNO4/c1-8-5-9(14)6-12(15(17)18)13(8)19-11-4-2-3-10(16)7-11/h5-6,11H,2-4,7H2,1H3. The molecule has 1 fully saturated rings. The van der Waals surface area contributed by atoms with Gasteiger partial charge in [0.15, 0.2) is 5.75 Å². The minimum atomic E-state index is -0.461. The Hall–Kier alpha value is -1.43. The number of benzene rings is 1. The number of rotatable bonds is 3. The highest BCUT2D eigenvalue weighted by atomic mass is 79.9. The average molecular weight is 328 g/mol. The molecule has 1 aliphatic rings. The lowest BCUT2D eigenvalue weighted by Crippen LogP contribution is -2.25. The second kappa shape index (κ2) is 5.69. The Morgan fingerprint density at radius 1 is 1.47 bits per heavy atom. The molecule has 1 saturated carbocycles. The van der Waals surface area contributed by atoms with Crippen molar-refractivity contribution in [1.29, 1.82) is 0 Å². The number of hydrogen-bond acceptors (Lipinski definition) is 4. The minimum Gasteiger partial charge on any atom is -0.483 e. The molecule has 1 aliphatic carbocycles. The van der Waals surface area contributed by atoms with E-state index in [4.69, 9.17) is 4.74 Å². The lowest BCUT2D eigenvalue weighted by molar-refractivity contribution is -0.386. The third-order valence-electron chi connectivity index (χ3n) is 3.14. The SMILES string of the molecule is Cc1cc(Br)cc([N+](=O)[O-])c1OC1CCCC(=O)C1. The number of ketones is 1. The van der Waals surface area contributed by atoms with E-state index in [1.54, 1.807) is 13.0 Å². The van der Waals surface area contributed by atoms with Crippen molar-refractivity contribution in [2.24, 2.45) is 0 Å². The van der Waals surface area contributed by atoms with Crippen LogP contribution in [0.5, 0.6) is 5.75 Å². The van der Waals surface area contributed by atoms with Crippen LogP contribution in [0.25, 0.3) is 0 Å². The van der Waals surface area contributed by atoms with Crippen molar-refractivity contribution in [2.75, 3.05) is 0 Å².